The lowest BCUT2D eigenvalue weighted by Crippen LogP contribution is -2.68. The zero-order valence-electron chi connectivity index (χ0n) is 25.0. The number of hydrogen-bond donors (Lipinski definition) is 0. The van der Waals surface area contributed by atoms with Gasteiger partial charge in [0, 0.05) is 29.3 Å². The zero-order valence-corrected chi connectivity index (χ0v) is 29.9. The van der Waals surface area contributed by atoms with Gasteiger partial charge in [-0.1, -0.05) is 36.4 Å². The topological polar surface area (TPSA) is 74.2 Å². The second kappa shape index (κ2) is 12.0. The monoisotopic (exact) mass is 732 g/mol. The predicted molar refractivity (Wildman–Crippen MR) is 196 cm³/mol. The van der Waals surface area contributed by atoms with Gasteiger partial charge in [-0.15, -0.1) is 68.0 Å². The van der Waals surface area contributed by atoms with Crippen LogP contribution in [0, 0.1) is 0 Å². The smallest absolute Gasteiger partial charge is 0.113 e. The summed E-state index contributed by atoms with van der Waals surface area (Å²) >= 11 is 10.4. The van der Waals surface area contributed by atoms with Gasteiger partial charge < -0.3 is 0 Å². The van der Waals surface area contributed by atoms with E-state index >= 15 is 0 Å². The summed E-state index contributed by atoms with van der Waals surface area (Å²) in [5.41, 5.74) is 0. The maximum Gasteiger partial charge on any atom is 0.113 e. The quantitative estimate of drug-likeness (QED) is 0.173. The molecule has 0 amide bonds. The SMILES string of the molecule is c1csc(C2N=c3c4c(c5c(c3=NC2c2cccs2)=NC(c2cccs2)C(c2cccs2)N=5)=NC(c2cccs2)C(c2cccs2)N=4)c1. The number of thiophene rings is 6. The van der Waals surface area contributed by atoms with E-state index in [1.807, 2.05) is 0 Å². The highest BCUT2D eigenvalue weighted by molar-refractivity contribution is 7.11. The van der Waals surface area contributed by atoms with Gasteiger partial charge in [-0.25, -0.2) is 0 Å². The minimum absolute atomic E-state index is 0.170. The van der Waals surface area contributed by atoms with E-state index in [0.29, 0.717) is 0 Å². The molecule has 3 aliphatic rings. The standard InChI is InChI=1S/C36H24N6S6/c1-7-19(43-13-1)25-26(20-8-2-14-44-20)38-32-31(37-25)33-35(41-28(22-10-4-16-46-22)27(39-33)21-9-3-15-45-21)36-34(32)40-29(23-11-5-17-47-23)30(42-36)24-12-6-18-48-24/h1-18,25-30H. The van der Waals surface area contributed by atoms with Gasteiger partial charge in [-0.2, -0.15) is 0 Å². The Morgan fingerprint density at radius 3 is 0.562 bits per heavy atom. The van der Waals surface area contributed by atoms with Crippen molar-refractivity contribution in [3.05, 3.63) is 166 Å². The lowest BCUT2D eigenvalue weighted by molar-refractivity contribution is 0.504. The fourth-order valence-electron chi connectivity index (χ4n) is 6.74. The maximum atomic E-state index is 5.59. The van der Waals surface area contributed by atoms with Crippen molar-refractivity contribution >= 4 is 68.0 Å². The van der Waals surface area contributed by atoms with Crippen LogP contribution in [-0.2, 0) is 0 Å². The third-order valence-corrected chi connectivity index (χ3v) is 14.5. The van der Waals surface area contributed by atoms with Crippen LogP contribution in [0.5, 0.6) is 0 Å². The van der Waals surface area contributed by atoms with Crippen LogP contribution in [0.25, 0.3) is 0 Å². The van der Waals surface area contributed by atoms with Crippen molar-refractivity contribution in [3.8, 4) is 0 Å². The average Bonchev–Trinajstić information content (AvgIpc) is 3.99. The Morgan fingerprint density at radius 1 is 0.271 bits per heavy atom. The van der Waals surface area contributed by atoms with Crippen molar-refractivity contribution in [2.45, 2.75) is 36.3 Å². The molecular weight excluding hydrogens is 709 g/mol. The largest absolute Gasteiger partial charge is 0.269 e. The van der Waals surface area contributed by atoms with Crippen molar-refractivity contribution < 1.29 is 0 Å². The summed E-state index contributed by atoms with van der Waals surface area (Å²) in [7, 11) is 0. The highest BCUT2D eigenvalue weighted by Gasteiger charge is 2.35. The lowest BCUT2D eigenvalue weighted by Gasteiger charge is -2.26. The number of nitrogens with zero attached hydrogens (tertiary/aromatic N) is 6. The van der Waals surface area contributed by atoms with E-state index < -0.39 is 0 Å². The van der Waals surface area contributed by atoms with E-state index in [-0.39, 0.29) is 36.3 Å². The minimum atomic E-state index is -0.170. The van der Waals surface area contributed by atoms with Crippen molar-refractivity contribution in [2.24, 2.45) is 30.0 Å². The van der Waals surface area contributed by atoms with Crippen LogP contribution < -0.4 is 32.1 Å². The molecule has 0 saturated carbocycles. The molecule has 48 heavy (non-hydrogen) atoms. The molecule has 3 aliphatic heterocycles. The van der Waals surface area contributed by atoms with E-state index in [2.05, 4.69) is 105 Å². The van der Waals surface area contributed by atoms with Crippen LogP contribution in [0.2, 0.25) is 0 Å². The summed E-state index contributed by atoms with van der Waals surface area (Å²) < 4.78 is 0. The van der Waals surface area contributed by atoms with Crippen molar-refractivity contribution in [3.63, 3.8) is 0 Å². The fraction of sp³-hybridized carbons (Fsp3) is 0.167. The van der Waals surface area contributed by atoms with Crippen LogP contribution in [0.3, 0.4) is 0 Å². The fourth-order valence-corrected chi connectivity index (χ4v) is 11.5. The Bertz CT molecular complexity index is 2080. The van der Waals surface area contributed by atoms with Crippen LogP contribution in [0.4, 0.5) is 0 Å². The molecule has 0 N–H and O–H groups in total. The molecule has 0 saturated heterocycles. The third-order valence-electron chi connectivity index (χ3n) is 8.86. The Labute approximate surface area is 298 Å². The van der Waals surface area contributed by atoms with Gasteiger partial charge in [0.25, 0.3) is 0 Å². The van der Waals surface area contributed by atoms with Gasteiger partial charge in [-0.05, 0) is 68.7 Å². The molecule has 7 aromatic rings. The van der Waals surface area contributed by atoms with E-state index in [9.17, 15) is 0 Å². The highest BCUT2D eigenvalue weighted by atomic mass is 32.1. The van der Waals surface area contributed by atoms with Crippen LogP contribution in [0.1, 0.15) is 65.5 Å². The van der Waals surface area contributed by atoms with Crippen molar-refractivity contribution in [2.75, 3.05) is 0 Å². The second-order valence-corrected chi connectivity index (χ2v) is 17.5. The Hall–Kier alpha value is -3.78. The molecular formula is C36H24N6S6. The van der Waals surface area contributed by atoms with Crippen molar-refractivity contribution in [1.29, 1.82) is 0 Å². The first-order valence-corrected chi connectivity index (χ1v) is 20.8. The summed E-state index contributed by atoms with van der Waals surface area (Å²) in [5.74, 6) is 0. The molecule has 0 aliphatic carbocycles. The molecule has 6 aromatic heterocycles. The summed E-state index contributed by atoms with van der Waals surface area (Å²) in [6.07, 6.45) is 0. The Kier molecular flexibility index (Phi) is 7.27. The molecule has 6 unspecified atom stereocenters. The summed E-state index contributed by atoms with van der Waals surface area (Å²) in [5, 5.41) is 17.4. The molecule has 12 heteroatoms. The first-order chi connectivity index (χ1) is 23.8. The first-order valence-electron chi connectivity index (χ1n) is 15.5. The Balaban J connectivity index is 1.36. The highest BCUT2D eigenvalue weighted by Crippen LogP contribution is 2.42. The van der Waals surface area contributed by atoms with Crippen molar-refractivity contribution in [1.82, 2.24) is 0 Å². The van der Waals surface area contributed by atoms with Gasteiger partial charge >= 0.3 is 0 Å². The molecule has 0 bridgehead atoms. The second-order valence-electron chi connectivity index (χ2n) is 11.6. The normalized spacial score (nSPS) is 24.0. The van der Waals surface area contributed by atoms with Crippen LogP contribution >= 0.6 is 68.0 Å². The molecule has 9 heterocycles. The summed E-state index contributed by atoms with van der Waals surface area (Å²) in [6, 6.07) is 24.6. The zero-order chi connectivity index (χ0) is 31.6. The van der Waals surface area contributed by atoms with Gasteiger partial charge in [0.05, 0.1) is 0 Å². The summed E-state index contributed by atoms with van der Waals surface area (Å²) in [4.78, 5) is 40.6. The molecule has 0 radical (unpaired) electrons. The number of fused-ring (bicyclic) bond motifs is 6. The summed E-state index contributed by atoms with van der Waals surface area (Å²) in [6.45, 7) is 0. The van der Waals surface area contributed by atoms with E-state index in [0.717, 1.165) is 32.1 Å². The van der Waals surface area contributed by atoms with E-state index in [4.69, 9.17) is 30.0 Å². The van der Waals surface area contributed by atoms with Crippen LogP contribution in [-0.4, -0.2) is 0 Å². The Morgan fingerprint density at radius 2 is 0.438 bits per heavy atom. The molecule has 6 atom stereocenters. The average molecular weight is 733 g/mol. The first kappa shape index (κ1) is 29.2. The number of hydrogen-bond acceptors (Lipinski definition) is 12. The predicted octanol–water partition coefficient (Wildman–Crippen LogP) is 7.26. The molecule has 1 aromatic carbocycles. The maximum absolute atomic E-state index is 5.59. The van der Waals surface area contributed by atoms with Gasteiger partial charge in [0.1, 0.15) is 68.4 Å². The van der Waals surface area contributed by atoms with Gasteiger partial charge in [-0.3, -0.25) is 30.0 Å². The lowest BCUT2D eigenvalue weighted by atomic mass is 10.0. The van der Waals surface area contributed by atoms with E-state index in [1.54, 1.807) is 68.0 Å². The molecule has 234 valence electrons. The van der Waals surface area contributed by atoms with E-state index in [1.165, 1.54) is 29.3 Å². The third kappa shape index (κ3) is 4.80. The molecule has 0 fully saturated rings. The van der Waals surface area contributed by atoms with Gasteiger partial charge in [0.15, 0.2) is 0 Å². The molecule has 0 spiro atoms. The molecule has 6 nitrogen and oxygen atoms in total. The van der Waals surface area contributed by atoms with Crippen LogP contribution in [0.15, 0.2) is 135 Å². The number of benzene rings is 1. The number of rotatable bonds is 6. The van der Waals surface area contributed by atoms with Gasteiger partial charge in [0.2, 0.25) is 0 Å². The minimum Gasteiger partial charge on any atom is -0.269 e. The molecule has 10 rings (SSSR count).